The number of rotatable bonds is 1. The Kier molecular flexibility index (Phi) is 3.08. The van der Waals surface area contributed by atoms with Crippen molar-refractivity contribution in [3.8, 4) is 0 Å². The fourth-order valence-corrected chi connectivity index (χ4v) is 3.78. The highest BCUT2D eigenvalue weighted by atomic mass is 79.9. The lowest BCUT2D eigenvalue weighted by Crippen LogP contribution is -2.38. The second-order valence-electron chi connectivity index (χ2n) is 4.25. The first-order valence-electron chi connectivity index (χ1n) is 5.70. The molecule has 0 fully saturated rings. The maximum Gasteiger partial charge on any atom is 0.244 e. The van der Waals surface area contributed by atoms with Gasteiger partial charge in [-0.3, -0.25) is 0 Å². The summed E-state index contributed by atoms with van der Waals surface area (Å²) in [5.74, 6) is 0. The number of hydrogen-bond acceptors (Lipinski definition) is 3. The predicted molar refractivity (Wildman–Crippen MR) is 77.3 cm³/mol. The first-order valence-corrected chi connectivity index (χ1v) is 7.97. The molecule has 4 nitrogen and oxygen atoms in total. The molecule has 0 bridgehead atoms. The van der Waals surface area contributed by atoms with E-state index in [0.29, 0.717) is 5.69 Å². The van der Waals surface area contributed by atoms with Gasteiger partial charge in [0.25, 0.3) is 0 Å². The number of benzene rings is 2. The zero-order valence-corrected chi connectivity index (χ0v) is 12.2. The summed E-state index contributed by atoms with van der Waals surface area (Å²) in [7, 11) is -3.48. The molecule has 0 radical (unpaired) electrons. The lowest BCUT2D eigenvalue weighted by molar-refractivity contribution is 0.562. The molecule has 2 aromatic rings. The Balaban J connectivity index is 2.06. The minimum absolute atomic E-state index is 0.279. The van der Waals surface area contributed by atoms with Gasteiger partial charge < -0.3 is 5.32 Å². The third-order valence-electron chi connectivity index (χ3n) is 2.93. The number of fused-ring (bicyclic) bond motifs is 1. The van der Waals surface area contributed by atoms with Gasteiger partial charge in [0.15, 0.2) is 0 Å². The third kappa shape index (κ3) is 2.39. The van der Waals surface area contributed by atoms with E-state index in [-0.39, 0.29) is 4.90 Å². The van der Waals surface area contributed by atoms with Gasteiger partial charge in [-0.15, -0.1) is 0 Å². The van der Waals surface area contributed by atoms with Gasteiger partial charge in [0.05, 0.1) is 5.69 Å². The van der Waals surface area contributed by atoms with Gasteiger partial charge >= 0.3 is 0 Å². The lowest BCUT2D eigenvalue weighted by atomic mass is 10.1. The lowest BCUT2D eigenvalue weighted by Gasteiger charge is -2.28. The third-order valence-corrected chi connectivity index (χ3v) is 4.91. The van der Waals surface area contributed by atoms with Gasteiger partial charge in [0, 0.05) is 4.47 Å². The molecule has 2 N–H and O–H groups in total. The van der Waals surface area contributed by atoms with Crippen molar-refractivity contribution in [2.24, 2.45) is 0 Å². The fraction of sp³-hybridized carbons (Fsp3) is 0.0769. The predicted octanol–water partition coefficient (Wildman–Crippen LogP) is 2.85. The van der Waals surface area contributed by atoms with Gasteiger partial charge in [-0.25, -0.2) is 8.42 Å². The molecule has 1 aliphatic heterocycles. The van der Waals surface area contributed by atoms with Gasteiger partial charge in [-0.05, 0) is 29.8 Å². The molecule has 1 heterocycles. The highest BCUT2D eigenvalue weighted by Crippen LogP contribution is 2.31. The summed E-state index contributed by atoms with van der Waals surface area (Å²) in [6.45, 7) is 0. The number of anilines is 1. The smallest absolute Gasteiger partial charge is 0.244 e. The van der Waals surface area contributed by atoms with Crippen LogP contribution in [0.4, 0.5) is 5.69 Å². The fourth-order valence-electron chi connectivity index (χ4n) is 2.06. The highest BCUT2D eigenvalue weighted by molar-refractivity contribution is 9.10. The molecule has 0 aromatic heterocycles. The number of sulfonamides is 1. The first-order chi connectivity index (χ1) is 9.06. The summed E-state index contributed by atoms with van der Waals surface area (Å²) in [5.41, 5.74) is 1.47. The van der Waals surface area contributed by atoms with Crippen LogP contribution in [0.2, 0.25) is 0 Å². The molecule has 0 saturated carbocycles. The Morgan fingerprint density at radius 1 is 1.05 bits per heavy atom. The van der Waals surface area contributed by atoms with E-state index in [1.54, 1.807) is 18.2 Å². The zero-order chi connectivity index (χ0) is 13.5. The second kappa shape index (κ2) is 4.63. The quantitative estimate of drug-likeness (QED) is 0.840. The Labute approximate surface area is 120 Å². The van der Waals surface area contributed by atoms with Crippen molar-refractivity contribution >= 4 is 31.6 Å². The molecule has 0 amide bonds. The van der Waals surface area contributed by atoms with Crippen LogP contribution >= 0.6 is 15.9 Å². The number of hydrogen-bond donors (Lipinski definition) is 2. The molecular weight excluding hydrogens is 328 g/mol. The average molecular weight is 339 g/mol. The zero-order valence-electron chi connectivity index (χ0n) is 9.80. The van der Waals surface area contributed by atoms with Crippen LogP contribution in [0.15, 0.2) is 57.9 Å². The molecule has 2 aromatic carbocycles. The topological polar surface area (TPSA) is 58.2 Å². The molecule has 1 atom stereocenters. The Hall–Kier alpha value is -1.37. The van der Waals surface area contributed by atoms with E-state index in [9.17, 15) is 8.42 Å². The number of halogens is 1. The van der Waals surface area contributed by atoms with Gasteiger partial charge in [-0.2, -0.15) is 4.72 Å². The summed E-state index contributed by atoms with van der Waals surface area (Å²) in [6, 6.07) is 14.4. The van der Waals surface area contributed by atoms with E-state index in [4.69, 9.17) is 0 Å². The molecule has 3 rings (SSSR count). The molecule has 0 aliphatic carbocycles. The van der Waals surface area contributed by atoms with Crippen molar-refractivity contribution in [3.63, 3.8) is 0 Å². The van der Waals surface area contributed by atoms with Crippen LogP contribution in [-0.4, -0.2) is 8.42 Å². The molecule has 6 heteroatoms. The van der Waals surface area contributed by atoms with Crippen LogP contribution in [0.25, 0.3) is 0 Å². The molecule has 0 saturated heterocycles. The van der Waals surface area contributed by atoms with Crippen molar-refractivity contribution in [1.29, 1.82) is 0 Å². The van der Waals surface area contributed by atoms with Gasteiger partial charge in [0.2, 0.25) is 10.0 Å². The molecule has 1 aliphatic rings. The molecule has 19 heavy (non-hydrogen) atoms. The van der Waals surface area contributed by atoms with Crippen LogP contribution in [0.5, 0.6) is 0 Å². The monoisotopic (exact) mass is 338 g/mol. The van der Waals surface area contributed by atoms with Gasteiger partial charge in [0.1, 0.15) is 11.1 Å². The van der Waals surface area contributed by atoms with E-state index in [1.165, 1.54) is 0 Å². The maximum absolute atomic E-state index is 12.2. The van der Waals surface area contributed by atoms with E-state index in [1.807, 2.05) is 30.3 Å². The average Bonchev–Trinajstić information content (AvgIpc) is 2.38. The Morgan fingerprint density at radius 3 is 2.63 bits per heavy atom. The van der Waals surface area contributed by atoms with Crippen molar-refractivity contribution in [2.45, 2.75) is 11.1 Å². The number of nitrogens with one attached hydrogen (secondary N) is 2. The maximum atomic E-state index is 12.2. The van der Waals surface area contributed by atoms with Crippen LogP contribution in [-0.2, 0) is 10.0 Å². The van der Waals surface area contributed by atoms with Crippen molar-refractivity contribution in [1.82, 2.24) is 4.72 Å². The Morgan fingerprint density at radius 2 is 1.84 bits per heavy atom. The molecule has 0 spiro atoms. The molecule has 1 unspecified atom stereocenters. The minimum atomic E-state index is -3.48. The van der Waals surface area contributed by atoms with Crippen molar-refractivity contribution in [3.05, 3.63) is 58.6 Å². The molecule has 98 valence electrons. The summed E-state index contributed by atoms with van der Waals surface area (Å²) >= 11 is 3.38. The molecular formula is C13H11BrN2O2S. The van der Waals surface area contributed by atoms with E-state index in [0.717, 1.165) is 10.0 Å². The largest absolute Gasteiger partial charge is 0.364 e. The van der Waals surface area contributed by atoms with Crippen molar-refractivity contribution in [2.75, 3.05) is 5.32 Å². The van der Waals surface area contributed by atoms with E-state index < -0.39 is 16.2 Å². The van der Waals surface area contributed by atoms with Crippen LogP contribution in [0, 0.1) is 0 Å². The van der Waals surface area contributed by atoms with Crippen molar-refractivity contribution < 1.29 is 8.42 Å². The summed E-state index contributed by atoms with van der Waals surface area (Å²) in [6.07, 6.45) is -0.461. The van der Waals surface area contributed by atoms with Crippen LogP contribution in [0.3, 0.4) is 0 Å². The van der Waals surface area contributed by atoms with Crippen LogP contribution in [0.1, 0.15) is 11.7 Å². The van der Waals surface area contributed by atoms with Crippen LogP contribution < -0.4 is 10.0 Å². The van der Waals surface area contributed by atoms with Gasteiger partial charge in [-0.1, -0.05) is 40.2 Å². The normalized spacial score (nSPS) is 20.4. The highest BCUT2D eigenvalue weighted by Gasteiger charge is 2.29. The first kappa shape index (κ1) is 12.7. The summed E-state index contributed by atoms with van der Waals surface area (Å²) in [5, 5.41) is 3.18. The summed E-state index contributed by atoms with van der Waals surface area (Å²) in [4.78, 5) is 0.279. The van der Waals surface area contributed by atoms with E-state index >= 15 is 0 Å². The standard InChI is InChI=1S/C13H11BrN2O2S/c14-10-5-3-4-9(8-10)13-15-11-6-1-2-7-12(11)19(17,18)16-13/h1-8,13,15-16H. The second-order valence-corrected chi connectivity index (χ2v) is 6.85. The Bertz CT molecular complexity index is 731. The SMILES string of the molecule is O=S1(=O)NC(c2cccc(Br)c2)Nc2ccccc21. The van der Waals surface area contributed by atoms with E-state index in [2.05, 4.69) is 26.0 Å². The minimum Gasteiger partial charge on any atom is -0.364 e. The summed E-state index contributed by atoms with van der Waals surface area (Å²) < 4.78 is 27.9. The number of para-hydroxylation sites is 1.